The summed E-state index contributed by atoms with van der Waals surface area (Å²) in [5.41, 5.74) is 9.68. The largest absolute Gasteiger partial charge is 0.330 e. The van der Waals surface area contributed by atoms with Gasteiger partial charge >= 0.3 is 0 Å². The predicted octanol–water partition coefficient (Wildman–Crippen LogP) is 2.05. The summed E-state index contributed by atoms with van der Waals surface area (Å²) in [6, 6.07) is 0. The fourth-order valence-electron chi connectivity index (χ4n) is 1.87. The first kappa shape index (κ1) is 12.2. The highest BCUT2D eigenvalue weighted by atomic mass is 15.3. The Hall–Kier alpha value is -0.830. The van der Waals surface area contributed by atoms with Crippen LogP contribution >= 0.6 is 0 Å². The molecule has 0 aliphatic carbocycles. The van der Waals surface area contributed by atoms with Crippen LogP contribution in [-0.4, -0.2) is 16.3 Å². The van der Waals surface area contributed by atoms with Crippen LogP contribution in [0.25, 0.3) is 0 Å². The van der Waals surface area contributed by atoms with E-state index in [0.717, 1.165) is 18.7 Å². The lowest BCUT2D eigenvalue weighted by atomic mass is 9.94. The highest BCUT2D eigenvalue weighted by Gasteiger charge is 2.19. The van der Waals surface area contributed by atoms with Gasteiger partial charge in [-0.15, -0.1) is 0 Å². The second-order valence-electron chi connectivity index (χ2n) is 5.03. The lowest BCUT2D eigenvalue weighted by molar-refractivity contribution is 0.298. The van der Waals surface area contributed by atoms with Gasteiger partial charge < -0.3 is 5.73 Å². The van der Waals surface area contributed by atoms with E-state index in [0.29, 0.717) is 6.54 Å². The van der Waals surface area contributed by atoms with Crippen molar-refractivity contribution in [3.05, 3.63) is 17.0 Å². The topological polar surface area (TPSA) is 43.8 Å². The van der Waals surface area contributed by atoms with Gasteiger partial charge in [-0.2, -0.15) is 5.10 Å². The molecule has 0 amide bonds. The molecule has 1 rings (SSSR count). The second-order valence-corrected chi connectivity index (χ2v) is 5.03. The lowest BCUT2D eigenvalue weighted by Crippen LogP contribution is -2.29. The summed E-state index contributed by atoms with van der Waals surface area (Å²) in [5, 5.41) is 4.58. The molecule has 0 atom stereocenters. The summed E-state index contributed by atoms with van der Waals surface area (Å²) in [7, 11) is 0. The van der Waals surface area contributed by atoms with Crippen molar-refractivity contribution in [2.45, 2.75) is 47.6 Å². The number of nitrogens with two attached hydrogens (primary N) is 1. The van der Waals surface area contributed by atoms with Gasteiger partial charge in [0.1, 0.15) is 0 Å². The smallest absolute Gasteiger partial charge is 0.0628 e. The third-order valence-corrected chi connectivity index (χ3v) is 3.02. The Morgan fingerprint density at radius 3 is 2.33 bits per heavy atom. The van der Waals surface area contributed by atoms with Gasteiger partial charge in [0, 0.05) is 12.2 Å². The van der Waals surface area contributed by atoms with Crippen molar-refractivity contribution in [1.29, 1.82) is 0 Å². The minimum absolute atomic E-state index is 0.119. The van der Waals surface area contributed by atoms with E-state index in [2.05, 4.69) is 44.4 Å². The van der Waals surface area contributed by atoms with Gasteiger partial charge in [0.25, 0.3) is 0 Å². The molecule has 3 heteroatoms. The van der Waals surface area contributed by atoms with Gasteiger partial charge in [-0.1, -0.05) is 20.8 Å². The average Bonchev–Trinajstić information content (AvgIpc) is 2.41. The molecule has 1 aromatic rings. The van der Waals surface area contributed by atoms with Crippen molar-refractivity contribution < 1.29 is 0 Å². The molecule has 0 aliphatic heterocycles. The van der Waals surface area contributed by atoms with Crippen LogP contribution in [0.4, 0.5) is 0 Å². The maximum absolute atomic E-state index is 5.74. The van der Waals surface area contributed by atoms with E-state index < -0.39 is 0 Å². The van der Waals surface area contributed by atoms with Gasteiger partial charge in [-0.05, 0) is 37.8 Å². The quantitative estimate of drug-likeness (QED) is 0.824. The third-order valence-electron chi connectivity index (χ3n) is 3.02. The Labute approximate surface area is 92.7 Å². The van der Waals surface area contributed by atoms with Gasteiger partial charge in [0.15, 0.2) is 0 Å². The van der Waals surface area contributed by atoms with E-state index >= 15 is 0 Å². The fourth-order valence-corrected chi connectivity index (χ4v) is 1.87. The van der Waals surface area contributed by atoms with Crippen LogP contribution < -0.4 is 5.73 Å². The predicted molar refractivity (Wildman–Crippen MR) is 63.9 cm³/mol. The molecule has 0 saturated heterocycles. The first-order chi connectivity index (χ1) is 6.91. The van der Waals surface area contributed by atoms with E-state index in [9.17, 15) is 0 Å². The van der Waals surface area contributed by atoms with Crippen LogP contribution in [0.1, 0.15) is 37.7 Å². The Kier molecular flexibility index (Phi) is 3.55. The first-order valence-electron chi connectivity index (χ1n) is 5.64. The molecule has 0 unspecified atom stereocenters. The van der Waals surface area contributed by atoms with Crippen LogP contribution in [-0.2, 0) is 13.0 Å². The Morgan fingerprint density at radius 1 is 1.33 bits per heavy atom. The highest BCUT2D eigenvalue weighted by Crippen LogP contribution is 2.20. The maximum atomic E-state index is 5.74. The zero-order valence-electron chi connectivity index (χ0n) is 10.6. The monoisotopic (exact) mass is 209 g/mol. The lowest BCUT2D eigenvalue weighted by Gasteiger charge is -2.22. The molecule has 0 fully saturated rings. The van der Waals surface area contributed by atoms with Crippen LogP contribution in [0.5, 0.6) is 0 Å². The zero-order valence-corrected chi connectivity index (χ0v) is 10.6. The SMILES string of the molecule is CCc1c(C)nn(CC(C)(C)CN)c1C. The second kappa shape index (κ2) is 4.35. The molecule has 0 radical (unpaired) electrons. The maximum Gasteiger partial charge on any atom is 0.0628 e. The van der Waals surface area contributed by atoms with Gasteiger partial charge in [0.2, 0.25) is 0 Å². The third kappa shape index (κ3) is 2.59. The zero-order chi connectivity index (χ0) is 11.6. The standard InChI is InChI=1S/C12H23N3/c1-6-11-9(2)14-15(10(11)3)8-12(4,5)7-13/h6-8,13H2,1-5H3. The van der Waals surface area contributed by atoms with Crippen molar-refractivity contribution >= 4 is 0 Å². The molecule has 0 spiro atoms. The molecule has 3 nitrogen and oxygen atoms in total. The molecule has 15 heavy (non-hydrogen) atoms. The van der Waals surface area contributed by atoms with Crippen molar-refractivity contribution in [3.63, 3.8) is 0 Å². The number of aryl methyl sites for hydroxylation is 1. The number of hydrogen-bond acceptors (Lipinski definition) is 2. The number of aromatic nitrogens is 2. The molecule has 0 aliphatic rings. The highest BCUT2D eigenvalue weighted by molar-refractivity contribution is 5.24. The van der Waals surface area contributed by atoms with Gasteiger partial charge in [-0.3, -0.25) is 4.68 Å². The fraction of sp³-hybridized carbons (Fsp3) is 0.750. The van der Waals surface area contributed by atoms with E-state index in [1.54, 1.807) is 0 Å². The Balaban J connectivity index is 2.97. The van der Waals surface area contributed by atoms with Crippen LogP contribution in [0.2, 0.25) is 0 Å². The van der Waals surface area contributed by atoms with Crippen LogP contribution in [0, 0.1) is 19.3 Å². The van der Waals surface area contributed by atoms with Crippen LogP contribution in [0.15, 0.2) is 0 Å². The summed E-state index contributed by atoms with van der Waals surface area (Å²) >= 11 is 0. The minimum Gasteiger partial charge on any atom is -0.330 e. The molecule has 2 N–H and O–H groups in total. The van der Waals surface area contributed by atoms with Crippen molar-refractivity contribution in [3.8, 4) is 0 Å². The Bertz CT molecular complexity index is 337. The van der Waals surface area contributed by atoms with Crippen molar-refractivity contribution in [1.82, 2.24) is 9.78 Å². The molecular weight excluding hydrogens is 186 g/mol. The number of nitrogens with zero attached hydrogens (tertiary/aromatic N) is 2. The van der Waals surface area contributed by atoms with Crippen LogP contribution in [0.3, 0.4) is 0 Å². The van der Waals surface area contributed by atoms with Crippen molar-refractivity contribution in [2.24, 2.45) is 11.1 Å². The molecular formula is C12H23N3. The summed E-state index contributed by atoms with van der Waals surface area (Å²) in [5.74, 6) is 0. The number of hydrogen-bond donors (Lipinski definition) is 1. The van der Waals surface area contributed by atoms with E-state index in [1.165, 1.54) is 11.3 Å². The van der Waals surface area contributed by atoms with E-state index in [1.807, 2.05) is 0 Å². The molecule has 0 bridgehead atoms. The first-order valence-corrected chi connectivity index (χ1v) is 5.64. The minimum atomic E-state index is 0.119. The molecule has 1 heterocycles. The van der Waals surface area contributed by atoms with Crippen molar-refractivity contribution in [2.75, 3.05) is 6.54 Å². The summed E-state index contributed by atoms with van der Waals surface area (Å²) in [4.78, 5) is 0. The summed E-state index contributed by atoms with van der Waals surface area (Å²) < 4.78 is 2.10. The normalized spacial score (nSPS) is 12.1. The van der Waals surface area contributed by atoms with E-state index in [4.69, 9.17) is 5.73 Å². The molecule has 0 saturated carbocycles. The average molecular weight is 209 g/mol. The summed E-state index contributed by atoms with van der Waals surface area (Å²) in [6.45, 7) is 12.3. The Morgan fingerprint density at radius 2 is 1.93 bits per heavy atom. The molecule has 1 aromatic heterocycles. The van der Waals surface area contributed by atoms with E-state index in [-0.39, 0.29) is 5.41 Å². The number of rotatable bonds is 4. The molecule has 0 aromatic carbocycles. The van der Waals surface area contributed by atoms with Gasteiger partial charge in [-0.25, -0.2) is 0 Å². The molecule has 86 valence electrons. The summed E-state index contributed by atoms with van der Waals surface area (Å²) in [6.07, 6.45) is 1.06. The van der Waals surface area contributed by atoms with Gasteiger partial charge in [0.05, 0.1) is 5.69 Å².